The molecule has 18 heavy (non-hydrogen) atoms. The highest BCUT2D eigenvalue weighted by Crippen LogP contribution is 2.18. The number of carbonyl (C=O) groups excluding carboxylic acids is 2. The van der Waals surface area contributed by atoms with Crippen LogP contribution in [0.25, 0.3) is 0 Å². The lowest BCUT2D eigenvalue weighted by atomic mass is 10.1. The van der Waals surface area contributed by atoms with E-state index < -0.39 is 11.9 Å². The SMILES string of the molecule is CCCCc1ccc(N2CC(=O)OC(=O)C2)cc1. The van der Waals surface area contributed by atoms with Crippen LogP contribution in [0, 0.1) is 0 Å². The van der Waals surface area contributed by atoms with E-state index in [-0.39, 0.29) is 13.1 Å². The zero-order chi connectivity index (χ0) is 13.0. The molecule has 4 nitrogen and oxygen atoms in total. The van der Waals surface area contributed by atoms with Crippen LogP contribution in [-0.4, -0.2) is 25.0 Å². The summed E-state index contributed by atoms with van der Waals surface area (Å²) in [5.74, 6) is -0.970. The molecule has 0 N–H and O–H groups in total. The van der Waals surface area contributed by atoms with Crippen LogP contribution >= 0.6 is 0 Å². The summed E-state index contributed by atoms with van der Waals surface area (Å²) in [6.45, 7) is 2.44. The molecule has 1 saturated heterocycles. The van der Waals surface area contributed by atoms with Crippen molar-refractivity contribution < 1.29 is 14.3 Å². The summed E-state index contributed by atoms with van der Waals surface area (Å²) in [5.41, 5.74) is 2.17. The van der Waals surface area contributed by atoms with E-state index in [0.29, 0.717) is 0 Å². The van der Waals surface area contributed by atoms with Gasteiger partial charge in [0.25, 0.3) is 0 Å². The van der Waals surface area contributed by atoms with Crippen molar-refractivity contribution in [3.05, 3.63) is 29.8 Å². The highest BCUT2D eigenvalue weighted by atomic mass is 16.6. The first-order valence-electron chi connectivity index (χ1n) is 6.26. The second kappa shape index (κ2) is 5.67. The number of unbranched alkanes of at least 4 members (excludes halogenated alkanes) is 1. The summed E-state index contributed by atoms with van der Waals surface area (Å²) >= 11 is 0. The number of hydrogen-bond donors (Lipinski definition) is 0. The lowest BCUT2D eigenvalue weighted by molar-refractivity contribution is -0.160. The summed E-state index contributed by atoms with van der Waals surface area (Å²) in [6, 6.07) is 8.01. The molecule has 1 aliphatic rings. The molecular weight excluding hydrogens is 230 g/mol. The molecule has 0 bridgehead atoms. The normalized spacial score (nSPS) is 15.7. The summed E-state index contributed by atoms with van der Waals surface area (Å²) in [7, 11) is 0. The molecule has 0 unspecified atom stereocenters. The molecule has 1 aromatic rings. The van der Waals surface area contributed by atoms with E-state index >= 15 is 0 Å². The Kier molecular flexibility index (Phi) is 3.97. The smallest absolute Gasteiger partial charge is 0.333 e. The number of anilines is 1. The number of aryl methyl sites for hydroxylation is 1. The van der Waals surface area contributed by atoms with Gasteiger partial charge in [-0.25, -0.2) is 9.59 Å². The van der Waals surface area contributed by atoms with Crippen LogP contribution in [0.4, 0.5) is 5.69 Å². The van der Waals surface area contributed by atoms with Gasteiger partial charge in [-0.1, -0.05) is 25.5 Å². The molecule has 0 aliphatic carbocycles. The molecule has 0 amide bonds. The fraction of sp³-hybridized carbons (Fsp3) is 0.429. The minimum atomic E-state index is -0.485. The third-order valence-corrected chi connectivity index (χ3v) is 2.99. The number of benzene rings is 1. The third kappa shape index (κ3) is 3.09. The summed E-state index contributed by atoms with van der Waals surface area (Å²) in [4.78, 5) is 24.1. The number of ether oxygens (including phenoxy) is 1. The molecule has 1 aromatic carbocycles. The molecule has 0 atom stereocenters. The Labute approximate surface area is 107 Å². The molecule has 0 radical (unpaired) electrons. The van der Waals surface area contributed by atoms with Gasteiger partial charge < -0.3 is 9.64 Å². The average molecular weight is 247 g/mol. The standard InChI is InChI=1S/C14H17NO3/c1-2-3-4-11-5-7-12(8-6-11)15-9-13(16)18-14(17)10-15/h5-8H,2-4,9-10H2,1H3. The lowest BCUT2D eigenvalue weighted by Gasteiger charge is -2.26. The maximum atomic E-state index is 11.2. The van der Waals surface area contributed by atoms with Gasteiger partial charge in [-0.3, -0.25) is 0 Å². The van der Waals surface area contributed by atoms with E-state index in [1.165, 1.54) is 18.4 Å². The predicted molar refractivity (Wildman–Crippen MR) is 68.4 cm³/mol. The van der Waals surface area contributed by atoms with Gasteiger partial charge >= 0.3 is 11.9 Å². The van der Waals surface area contributed by atoms with Crippen LogP contribution < -0.4 is 4.90 Å². The van der Waals surface area contributed by atoms with Crippen molar-refractivity contribution >= 4 is 17.6 Å². The van der Waals surface area contributed by atoms with Gasteiger partial charge in [0.05, 0.1) is 0 Å². The van der Waals surface area contributed by atoms with E-state index in [9.17, 15) is 9.59 Å². The summed E-state index contributed by atoms with van der Waals surface area (Å²) < 4.78 is 4.50. The Hall–Kier alpha value is -1.84. The topological polar surface area (TPSA) is 46.6 Å². The monoisotopic (exact) mass is 247 g/mol. The van der Waals surface area contributed by atoms with E-state index in [0.717, 1.165) is 12.1 Å². The Morgan fingerprint density at radius 2 is 1.72 bits per heavy atom. The first-order chi connectivity index (χ1) is 8.69. The third-order valence-electron chi connectivity index (χ3n) is 2.99. The van der Waals surface area contributed by atoms with E-state index in [2.05, 4.69) is 23.8 Å². The quantitative estimate of drug-likeness (QED) is 0.602. The van der Waals surface area contributed by atoms with E-state index in [4.69, 9.17) is 0 Å². The Bertz CT molecular complexity index is 423. The van der Waals surface area contributed by atoms with Crippen LogP contribution in [0.2, 0.25) is 0 Å². The van der Waals surface area contributed by atoms with Crippen molar-refractivity contribution in [3.8, 4) is 0 Å². The molecule has 1 aliphatic heterocycles. The second-order valence-electron chi connectivity index (χ2n) is 4.47. The second-order valence-corrected chi connectivity index (χ2v) is 4.47. The first-order valence-corrected chi connectivity index (χ1v) is 6.26. The minimum absolute atomic E-state index is 0.139. The van der Waals surface area contributed by atoms with Crippen molar-refractivity contribution in [3.63, 3.8) is 0 Å². The zero-order valence-corrected chi connectivity index (χ0v) is 10.5. The number of carbonyl (C=O) groups is 2. The molecule has 4 heteroatoms. The predicted octanol–water partition coefficient (Wildman–Crippen LogP) is 1.92. The van der Waals surface area contributed by atoms with E-state index in [1.807, 2.05) is 12.1 Å². The number of hydrogen-bond acceptors (Lipinski definition) is 4. The maximum absolute atomic E-state index is 11.2. The van der Waals surface area contributed by atoms with Crippen molar-refractivity contribution in [2.75, 3.05) is 18.0 Å². The molecule has 0 saturated carbocycles. The lowest BCUT2D eigenvalue weighted by Crippen LogP contribution is -2.42. The van der Waals surface area contributed by atoms with Crippen LogP contribution in [0.3, 0.4) is 0 Å². The minimum Gasteiger partial charge on any atom is -0.390 e. The number of esters is 2. The first kappa shape index (κ1) is 12.6. The molecule has 96 valence electrons. The van der Waals surface area contributed by atoms with Crippen molar-refractivity contribution in [2.24, 2.45) is 0 Å². The number of morpholine rings is 1. The largest absolute Gasteiger partial charge is 0.390 e. The zero-order valence-electron chi connectivity index (χ0n) is 10.5. The highest BCUT2D eigenvalue weighted by molar-refractivity contribution is 5.94. The van der Waals surface area contributed by atoms with Gasteiger partial charge in [-0.2, -0.15) is 0 Å². The van der Waals surface area contributed by atoms with Crippen molar-refractivity contribution in [2.45, 2.75) is 26.2 Å². The molecule has 1 heterocycles. The van der Waals surface area contributed by atoms with Gasteiger partial charge in [0.1, 0.15) is 13.1 Å². The van der Waals surface area contributed by atoms with Gasteiger partial charge in [0, 0.05) is 5.69 Å². The number of rotatable bonds is 4. The average Bonchev–Trinajstić information content (AvgIpc) is 2.36. The number of nitrogens with zero attached hydrogens (tertiary/aromatic N) is 1. The van der Waals surface area contributed by atoms with Crippen LogP contribution in [0.1, 0.15) is 25.3 Å². The molecule has 1 fully saturated rings. The molecular formula is C14H17NO3. The van der Waals surface area contributed by atoms with Gasteiger partial charge in [0.2, 0.25) is 0 Å². The number of cyclic esters (lactones) is 2. The van der Waals surface area contributed by atoms with Gasteiger partial charge in [-0.05, 0) is 30.5 Å². The molecule has 0 spiro atoms. The maximum Gasteiger partial charge on any atom is 0.333 e. The fourth-order valence-electron chi connectivity index (χ4n) is 2.00. The van der Waals surface area contributed by atoms with Crippen LogP contribution in [-0.2, 0) is 20.7 Å². The van der Waals surface area contributed by atoms with Crippen LogP contribution in [0.15, 0.2) is 24.3 Å². The summed E-state index contributed by atoms with van der Waals surface area (Å²) in [6.07, 6.45) is 3.42. The fourth-order valence-corrected chi connectivity index (χ4v) is 2.00. The Balaban J connectivity index is 2.04. The van der Waals surface area contributed by atoms with Crippen molar-refractivity contribution in [1.29, 1.82) is 0 Å². The van der Waals surface area contributed by atoms with Crippen molar-refractivity contribution in [1.82, 2.24) is 0 Å². The molecule has 0 aromatic heterocycles. The molecule has 2 rings (SSSR count). The highest BCUT2D eigenvalue weighted by Gasteiger charge is 2.24. The Morgan fingerprint density at radius 3 is 2.28 bits per heavy atom. The Morgan fingerprint density at radius 1 is 1.11 bits per heavy atom. The van der Waals surface area contributed by atoms with Gasteiger partial charge in [0.15, 0.2) is 0 Å². The van der Waals surface area contributed by atoms with Gasteiger partial charge in [-0.15, -0.1) is 0 Å². The van der Waals surface area contributed by atoms with E-state index in [1.54, 1.807) is 4.90 Å². The summed E-state index contributed by atoms with van der Waals surface area (Å²) in [5, 5.41) is 0. The van der Waals surface area contributed by atoms with Crippen LogP contribution in [0.5, 0.6) is 0 Å².